The van der Waals surface area contributed by atoms with Crippen LogP contribution in [0.1, 0.15) is 6.92 Å². The number of carbonyl (C=O) groups is 1. The maximum absolute atomic E-state index is 11.2. The van der Waals surface area contributed by atoms with Gasteiger partial charge < -0.3 is 10.1 Å². The summed E-state index contributed by atoms with van der Waals surface area (Å²) in [7, 11) is 0. The minimum atomic E-state index is -0.625. The maximum atomic E-state index is 11.2. The highest BCUT2D eigenvalue weighted by atomic mass is 16.6. The van der Waals surface area contributed by atoms with E-state index in [1.807, 2.05) is 0 Å². The van der Waals surface area contributed by atoms with E-state index >= 15 is 0 Å². The third-order valence-corrected chi connectivity index (χ3v) is 2.11. The molecule has 1 aliphatic rings. The fourth-order valence-electron chi connectivity index (χ4n) is 1.30. The molecule has 0 radical (unpaired) electrons. The SMILES string of the molecule is C[C@H]1Oc2cc([N+](=O)[O-])ccc2NC1=O. The Morgan fingerprint density at radius 1 is 1.53 bits per heavy atom. The topological polar surface area (TPSA) is 81.5 Å². The van der Waals surface area contributed by atoms with E-state index in [0.717, 1.165) is 0 Å². The van der Waals surface area contributed by atoms with E-state index in [1.165, 1.54) is 18.2 Å². The van der Waals surface area contributed by atoms with Crippen molar-refractivity contribution in [2.24, 2.45) is 0 Å². The number of anilines is 1. The largest absolute Gasteiger partial charge is 0.478 e. The Labute approximate surface area is 85.0 Å². The van der Waals surface area contributed by atoms with Crippen LogP contribution in [0.15, 0.2) is 18.2 Å². The quantitative estimate of drug-likeness (QED) is 0.557. The van der Waals surface area contributed by atoms with Crippen molar-refractivity contribution in [2.75, 3.05) is 5.32 Å². The average molecular weight is 208 g/mol. The van der Waals surface area contributed by atoms with Gasteiger partial charge in [0.1, 0.15) is 0 Å². The Hall–Kier alpha value is -2.11. The summed E-state index contributed by atoms with van der Waals surface area (Å²) >= 11 is 0. The fourth-order valence-corrected chi connectivity index (χ4v) is 1.30. The summed E-state index contributed by atoms with van der Waals surface area (Å²) < 4.78 is 5.22. The lowest BCUT2D eigenvalue weighted by atomic mass is 10.2. The number of rotatable bonds is 1. The first-order chi connectivity index (χ1) is 7.08. The van der Waals surface area contributed by atoms with Crippen LogP contribution in [-0.4, -0.2) is 16.9 Å². The molecule has 0 spiro atoms. The number of carbonyl (C=O) groups excluding carboxylic acids is 1. The number of hydrogen-bond donors (Lipinski definition) is 1. The van der Waals surface area contributed by atoms with Crippen LogP contribution in [0.2, 0.25) is 0 Å². The molecule has 6 nitrogen and oxygen atoms in total. The van der Waals surface area contributed by atoms with Crippen molar-refractivity contribution in [3.8, 4) is 5.75 Å². The van der Waals surface area contributed by atoms with Crippen LogP contribution in [0.3, 0.4) is 0 Å². The summed E-state index contributed by atoms with van der Waals surface area (Å²) in [5.74, 6) is 0.0765. The van der Waals surface area contributed by atoms with Gasteiger partial charge in [0.05, 0.1) is 16.7 Å². The molecule has 1 heterocycles. The Kier molecular flexibility index (Phi) is 2.03. The number of fused-ring (bicyclic) bond motifs is 1. The molecule has 1 aromatic carbocycles. The second kappa shape index (κ2) is 3.23. The maximum Gasteiger partial charge on any atom is 0.273 e. The highest BCUT2D eigenvalue weighted by molar-refractivity contribution is 5.97. The molecule has 6 heteroatoms. The molecule has 0 fully saturated rings. The molecule has 15 heavy (non-hydrogen) atoms. The smallest absolute Gasteiger partial charge is 0.273 e. The molecule has 0 bridgehead atoms. The van der Waals surface area contributed by atoms with Gasteiger partial charge in [0.2, 0.25) is 0 Å². The van der Waals surface area contributed by atoms with Gasteiger partial charge >= 0.3 is 0 Å². The van der Waals surface area contributed by atoms with Crippen molar-refractivity contribution in [1.82, 2.24) is 0 Å². The van der Waals surface area contributed by atoms with Gasteiger partial charge in [-0.2, -0.15) is 0 Å². The molecule has 0 aromatic heterocycles. The second-order valence-corrected chi connectivity index (χ2v) is 3.19. The summed E-state index contributed by atoms with van der Waals surface area (Å²) in [6.07, 6.45) is -0.625. The first-order valence-corrected chi connectivity index (χ1v) is 4.34. The van der Waals surface area contributed by atoms with Crippen molar-refractivity contribution < 1.29 is 14.5 Å². The molecule has 78 valence electrons. The number of nitrogens with one attached hydrogen (secondary N) is 1. The average Bonchev–Trinajstić information content (AvgIpc) is 2.19. The molecule has 0 unspecified atom stereocenters. The lowest BCUT2D eigenvalue weighted by molar-refractivity contribution is -0.384. The third-order valence-electron chi connectivity index (χ3n) is 2.11. The number of hydrogen-bond acceptors (Lipinski definition) is 4. The lowest BCUT2D eigenvalue weighted by Crippen LogP contribution is -2.34. The van der Waals surface area contributed by atoms with Gasteiger partial charge in [0.15, 0.2) is 11.9 Å². The molecule has 0 aliphatic carbocycles. The van der Waals surface area contributed by atoms with E-state index in [4.69, 9.17) is 4.74 Å². The van der Waals surface area contributed by atoms with E-state index in [9.17, 15) is 14.9 Å². The molecule has 1 aromatic rings. The number of nitrogens with zero attached hydrogens (tertiary/aromatic N) is 1. The standard InChI is InChI=1S/C9H8N2O4/c1-5-9(12)10-7-3-2-6(11(13)14)4-8(7)15-5/h2-5H,1H3,(H,10,12)/t5-/m1/s1. The van der Waals surface area contributed by atoms with Crippen LogP contribution in [-0.2, 0) is 4.79 Å². The van der Waals surface area contributed by atoms with Crippen molar-refractivity contribution in [3.63, 3.8) is 0 Å². The van der Waals surface area contributed by atoms with Crippen LogP contribution < -0.4 is 10.1 Å². The predicted octanol–water partition coefficient (Wildman–Crippen LogP) is 1.31. The number of nitro benzene ring substituents is 1. The Morgan fingerprint density at radius 2 is 2.27 bits per heavy atom. The van der Waals surface area contributed by atoms with Gasteiger partial charge in [0.25, 0.3) is 11.6 Å². The van der Waals surface area contributed by atoms with Gasteiger partial charge in [0, 0.05) is 6.07 Å². The van der Waals surface area contributed by atoms with Gasteiger partial charge in [-0.3, -0.25) is 14.9 Å². The fraction of sp³-hybridized carbons (Fsp3) is 0.222. The summed E-state index contributed by atoms with van der Waals surface area (Å²) in [4.78, 5) is 21.2. The highest BCUT2D eigenvalue weighted by Crippen LogP contribution is 2.32. The van der Waals surface area contributed by atoms with Crippen LogP contribution >= 0.6 is 0 Å². The summed E-state index contributed by atoms with van der Waals surface area (Å²) in [5, 5.41) is 13.1. The Balaban J connectivity index is 2.41. The zero-order valence-electron chi connectivity index (χ0n) is 7.89. The molecule has 1 aliphatic heterocycles. The van der Waals surface area contributed by atoms with E-state index in [-0.39, 0.29) is 11.6 Å². The molecular formula is C9H8N2O4. The Morgan fingerprint density at radius 3 is 2.93 bits per heavy atom. The van der Waals surface area contributed by atoms with Crippen LogP contribution in [0.5, 0.6) is 5.75 Å². The van der Waals surface area contributed by atoms with Crippen LogP contribution in [0.4, 0.5) is 11.4 Å². The molecule has 0 saturated heterocycles. The molecule has 2 rings (SSSR count). The number of benzene rings is 1. The number of ether oxygens (including phenoxy) is 1. The number of nitro groups is 1. The van der Waals surface area contributed by atoms with Crippen molar-refractivity contribution in [3.05, 3.63) is 28.3 Å². The van der Waals surface area contributed by atoms with Gasteiger partial charge in [-0.25, -0.2) is 0 Å². The van der Waals surface area contributed by atoms with Crippen LogP contribution in [0.25, 0.3) is 0 Å². The van der Waals surface area contributed by atoms with Crippen molar-refractivity contribution in [1.29, 1.82) is 0 Å². The van der Waals surface area contributed by atoms with Gasteiger partial charge in [-0.15, -0.1) is 0 Å². The second-order valence-electron chi connectivity index (χ2n) is 3.19. The zero-order chi connectivity index (χ0) is 11.0. The molecule has 1 amide bonds. The molecule has 1 atom stereocenters. The summed E-state index contributed by atoms with van der Waals surface area (Å²) in [6, 6.07) is 4.07. The minimum absolute atomic E-state index is 0.0582. The molecular weight excluding hydrogens is 200 g/mol. The number of amides is 1. The monoisotopic (exact) mass is 208 g/mol. The van der Waals surface area contributed by atoms with E-state index in [2.05, 4.69) is 5.32 Å². The summed E-state index contributed by atoms with van der Waals surface area (Å²) in [5.41, 5.74) is 0.404. The Bertz CT molecular complexity index is 444. The van der Waals surface area contributed by atoms with E-state index in [0.29, 0.717) is 11.4 Å². The number of non-ortho nitro benzene ring substituents is 1. The first kappa shape index (κ1) is 9.45. The molecule has 1 N–H and O–H groups in total. The third kappa shape index (κ3) is 1.61. The molecule has 0 saturated carbocycles. The van der Waals surface area contributed by atoms with E-state index < -0.39 is 11.0 Å². The highest BCUT2D eigenvalue weighted by Gasteiger charge is 2.24. The van der Waals surface area contributed by atoms with Crippen LogP contribution in [0, 0.1) is 10.1 Å². The predicted molar refractivity (Wildman–Crippen MR) is 51.8 cm³/mol. The minimum Gasteiger partial charge on any atom is -0.478 e. The van der Waals surface area contributed by atoms with Crippen molar-refractivity contribution in [2.45, 2.75) is 13.0 Å². The van der Waals surface area contributed by atoms with Gasteiger partial charge in [-0.05, 0) is 13.0 Å². The normalized spacial score (nSPS) is 18.7. The lowest BCUT2D eigenvalue weighted by Gasteiger charge is -2.22. The van der Waals surface area contributed by atoms with Crippen molar-refractivity contribution >= 4 is 17.3 Å². The summed E-state index contributed by atoms with van der Waals surface area (Å²) in [6.45, 7) is 1.58. The van der Waals surface area contributed by atoms with Gasteiger partial charge in [-0.1, -0.05) is 0 Å². The first-order valence-electron chi connectivity index (χ1n) is 4.34. The zero-order valence-corrected chi connectivity index (χ0v) is 7.89. The van der Waals surface area contributed by atoms with E-state index in [1.54, 1.807) is 6.92 Å².